The van der Waals surface area contributed by atoms with Crippen LogP contribution < -0.4 is 5.32 Å². The molecule has 24 heavy (non-hydrogen) atoms. The number of nitrogens with one attached hydrogen (secondary N) is 1. The third kappa shape index (κ3) is 4.17. The van der Waals surface area contributed by atoms with Gasteiger partial charge in [-0.2, -0.15) is 0 Å². The van der Waals surface area contributed by atoms with E-state index >= 15 is 0 Å². The van der Waals surface area contributed by atoms with E-state index in [4.69, 9.17) is 0 Å². The lowest BCUT2D eigenvalue weighted by Gasteiger charge is -2.16. The van der Waals surface area contributed by atoms with Crippen LogP contribution in [0, 0.1) is 17.0 Å². The molecule has 1 amide bonds. The third-order valence-electron chi connectivity index (χ3n) is 3.46. The predicted molar refractivity (Wildman–Crippen MR) is 89.0 cm³/mol. The summed E-state index contributed by atoms with van der Waals surface area (Å²) in [6, 6.07) is 7.33. The fourth-order valence-electron chi connectivity index (χ4n) is 2.15. The maximum Gasteiger partial charge on any atom is 0.307 e. The summed E-state index contributed by atoms with van der Waals surface area (Å²) >= 11 is 1.40. The predicted octanol–water partition coefficient (Wildman–Crippen LogP) is 3.00. The summed E-state index contributed by atoms with van der Waals surface area (Å²) in [5, 5.41) is 15.6. The van der Waals surface area contributed by atoms with Crippen LogP contribution in [0.5, 0.6) is 0 Å². The summed E-state index contributed by atoms with van der Waals surface area (Å²) in [4.78, 5) is 35.3. The Hall–Kier alpha value is -2.74. The molecule has 1 aromatic heterocycles. The lowest BCUT2D eigenvalue weighted by atomic mass is 10.1. The van der Waals surface area contributed by atoms with Gasteiger partial charge in [0.25, 0.3) is 11.6 Å². The molecule has 2 rings (SSSR count). The minimum atomic E-state index is -0.551. The molecule has 0 aliphatic heterocycles. The number of thiophene rings is 1. The van der Waals surface area contributed by atoms with E-state index in [1.165, 1.54) is 36.6 Å². The summed E-state index contributed by atoms with van der Waals surface area (Å²) in [6.45, 7) is 1.60. The average Bonchev–Trinajstić information content (AvgIpc) is 3.08. The Morgan fingerprint density at radius 2 is 2.12 bits per heavy atom. The first kappa shape index (κ1) is 17.6. The molecule has 7 nitrogen and oxygen atoms in total. The molecule has 8 heteroatoms. The molecular formula is C16H16N2O5S. The largest absolute Gasteiger partial charge is 0.469 e. The van der Waals surface area contributed by atoms with Gasteiger partial charge in [0.15, 0.2) is 0 Å². The number of nitrogens with zero attached hydrogens (tertiary/aromatic N) is 1. The van der Waals surface area contributed by atoms with E-state index in [1.54, 1.807) is 13.0 Å². The average molecular weight is 348 g/mol. The van der Waals surface area contributed by atoms with Crippen LogP contribution in [0.15, 0.2) is 35.7 Å². The highest BCUT2D eigenvalue weighted by Crippen LogP contribution is 2.24. The molecule has 0 radical (unpaired) electrons. The van der Waals surface area contributed by atoms with Crippen molar-refractivity contribution in [2.45, 2.75) is 19.4 Å². The van der Waals surface area contributed by atoms with E-state index in [2.05, 4.69) is 10.1 Å². The van der Waals surface area contributed by atoms with Crippen molar-refractivity contribution in [2.24, 2.45) is 0 Å². The van der Waals surface area contributed by atoms with Crippen molar-refractivity contribution in [1.29, 1.82) is 0 Å². The number of nitro groups is 1. The van der Waals surface area contributed by atoms with Gasteiger partial charge >= 0.3 is 5.97 Å². The fraction of sp³-hybridized carbons (Fsp3) is 0.250. The number of amides is 1. The highest BCUT2D eigenvalue weighted by Gasteiger charge is 2.22. The van der Waals surface area contributed by atoms with Crippen molar-refractivity contribution < 1.29 is 19.2 Å². The molecule has 0 aliphatic carbocycles. The Morgan fingerprint density at radius 1 is 1.38 bits per heavy atom. The summed E-state index contributed by atoms with van der Waals surface area (Å²) in [6.07, 6.45) is -0.0172. The van der Waals surface area contributed by atoms with Crippen molar-refractivity contribution in [2.75, 3.05) is 7.11 Å². The molecule has 1 heterocycles. The van der Waals surface area contributed by atoms with Gasteiger partial charge in [-0.1, -0.05) is 12.1 Å². The third-order valence-corrected chi connectivity index (χ3v) is 4.44. The first-order valence-electron chi connectivity index (χ1n) is 7.08. The molecule has 0 saturated carbocycles. The number of rotatable bonds is 6. The Balaban J connectivity index is 2.23. The molecule has 0 fully saturated rings. The van der Waals surface area contributed by atoms with E-state index in [-0.39, 0.29) is 17.7 Å². The van der Waals surface area contributed by atoms with Crippen LogP contribution in [0.4, 0.5) is 5.69 Å². The molecule has 1 aromatic carbocycles. The second-order valence-corrected chi connectivity index (χ2v) is 6.06. The number of carbonyl (C=O) groups is 2. The van der Waals surface area contributed by atoms with Gasteiger partial charge in [0.1, 0.15) is 0 Å². The van der Waals surface area contributed by atoms with E-state index in [1.807, 2.05) is 11.4 Å². The first-order valence-corrected chi connectivity index (χ1v) is 7.96. The summed E-state index contributed by atoms with van der Waals surface area (Å²) in [7, 11) is 1.28. The first-order chi connectivity index (χ1) is 11.4. The van der Waals surface area contributed by atoms with Crippen LogP contribution in [0.1, 0.15) is 33.3 Å². The Kier molecular flexibility index (Phi) is 5.64. The van der Waals surface area contributed by atoms with Crippen LogP contribution in [0.25, 0.3) is 0 Å². The van der Waals surface area contributed by atoms with E-state index in [9.17, 15) is 19.7 Å². The number of hydrogen-bond acceptors (Lipinski definition) is 6. The fourth-order valence-corrected chi connectivity index (χ4v) is 2.93. The van der Waals surface area contributed by atoms with Gasteiger partial charge in [0.2, 0.25) is 0 Å². The van der Waals surface area contributed by atoms with Crippen molar-refractivity contribution >= 4 is 28.9 Å². The number of hydrogen-bond donors (Lipinski definition) is 1. The van der Waals surface area contributed by atoms with Gasteiger partial charge < -0.3 is 10.1 Å². The number of carbonyl (C=O) groups excluding carboxylic acids is 2. The van der Waals surface area contributed by atoms with Gasteiger partial charge in [0.05, 0.1) is 24.5 Å². The van der Waals surface area contributed by atoms with E-state index in [0.29, 0.717) is 5.56 Å². The number of ether oxygens (including phenoxy) is 1. The molecule has 0 saturated heterocycles. The van der Waals surface area contributed by atoms with Crippen molar-refractivity contribution in [3.05, 3.63) is 61.8 Å². The summed E-state index contributed by atoms with van der Waals surface area (Å²) in [5.41, 5.74) is 0.517. The lowest BCUT2D eigenvalue weighted by molar-refractivity contribution is -0.385. The van der Waals surface area contributed by atoms with Crippen LogP contribution in [0.2, 0.25) is 0 Å². The molecule has 0 bridgehead atoms. The van der Waals surface area contributed by atoms with Crippen LogP contribution >= 0.6 is 11.3 Å². The minimum absolute atomic E-state index is 0.0172. The number of benzene rings is 1. The standard InChI is InChI=1S/C16H16N2O5S/c1-10-5-6-11(8-13(10)18(21)22)16(20)17-12(9-15(19)23-2)14-4-3-7-24-14/h3-8,12H,9H2,1-2H3,(H,17,20). The van der Waals surface area contributed by atoms with E-state index < -0.39 is 22.8 Å². The molecule has 1 atom stereocenters. The van der Waals surface area contributed by atoms with Crippen molar-refractivity contribution in [1.82, 2.24) is 5.32 Å². The zero-order valence-corrected chi connectivity index (χ0v) is 14.0. The Labute approximate surface area is 142 Å². The second kappa shape index (κ2) is 7.69. The SMILES string of the molecule is COC(=O)CC(NC(=O)c1ccc(C)c([N+](=O)[O-])c1)c1cccs1. The molecule has 2 aromatic rings. The second-order valence-electron chi connectivity index (χ2n) is 5.08. The molecule has 0 aliphatic rings. The zero-order chi connectivity index (χ0) is 17.7. The number of nitro benzene ring substituents is 1. The maximum absolute atomic E-state index is 12.4. The van der Waals surface area contributed by atoms with Crippen LogP contribution in [-0.4, -0.2) is 23.9 Å². The zero-order valence-electron chi connectivity index (χ0n) is 13.1. The smallest absolute Gasteiger partial charge is 0.307 e. The summed E-state index contributed by atoms with van der Waals surface area (Å²) < 4.78 is 4.66. The Morgan fingerprint density at radius 3 is 2.71 bits per heavy atom. The molecule has 1 unspecified atom stereocenters. The van der Waals surface area contributed by atoms with Crippen LogP contribution in [-0.2, 0) is 9.53 Å². The topological polar surface area (TPSA) is 98.5 Å². The molecular weight excluding hydrogens is 332 g/mol. The minimum Gasteiger partial charge on any atom is -0.469 e. The maximum atomic E-state index is 12.4. The number of esters is 1. The quantitative estimate of drug-likeness (QED) is 0.491. The van der Waals surface area contributed by atoms with Gasteiger partial charge in [-0.3, -0.25) is 19.7 Å². The monoisotopic (exact) mass is 348 g/mol. The molecule has 0 spiro atoms. The molecule has 126 valence electrons. The number of aryl methyl sites for hydroxylation is 1. The normalized spacial score (nSPS) is 11.6. The lowest BCUT2D eigenvalue weighted by Crippen LogP contribution is -2.30. The highest BCUT2D eigenvalue weighted by atomic mass is 32.1. The van der Waals surface area contributed by atoms with Crippen molar-refractivity contribution in [3.8, 4) is 0 Å². The highest BCUT2D eigenvalue weighted by molar-refractivity contribution is 7.10. The van der Waals surface area contributed by atoms with E-state index in [0.717, 1.165) is 4.88 Å². The van der Waals surface area contributed by atoms with Crippen LogP contribution in [0.3, 0.4) is 0 Å². The van der Waals surface area contributed by atoms with Crippen molar-refractivity contribution in [3.63, 3.8) is 0 Å². The number of methoxy groups -OCH3 is 1. The van der Waals surface area contributed by atoms with Gasteiger partial charge in [-0.25, -0.2) is 0 Å². The van der Waals surface area contributed by atoms with Gasteiger partial charge in [-0.15, -0.1) is 11.3 Å². The Bertz CT molecular complexity index is 758. The molecule has 1 N–H and O–H groups in total. The van der Waals surface area contributed by atoms with Gasteiger partial charge in [-0.05, 0) is 24.4 Å². The summed E-state index contributed by atoms with van der Waals surface area (Å²) in [5.74, 6) is -0.941. The van der Waals surface area contributed by atoms with Gasteiger partial charge in [0, 0.05) is 22.1 Å².